The summed E-state index contributed by atoms with van der Waals surface area (Å²) in [5, 5.41) is 2.60. The quantitative estimate of drug-likeness (QED) is 0.212. The van der Waals surface area contributed by atoms with Crippen molar-refractivity contribution in [2.45, 2.75) is 12.3 Å². The van der Waals surface area contributed by atoms with Crippen LogP contribution in [-0.2, 0) is 9.98 Å². The van der Waals surface area contributed by atoms with Crippen LogP contribution in [0.5, 0.6) is 0 Å². The van der Waals surface area contributed by atoms with Gasteiger partial charge in [-0.2, -0.15) is 0 Å². The molecule has 0 unspecified atom stereocenters. The molecule has 2 aliphatic rings. The molecule has 2 heteroatoms. The van der Waals surface area contributed by atoms with Gasteiger partial charge in [0, 0.05) is 15.9 Å². The number of hydrogen-bond acceptors (Lipinski definition) is 1. The highest BCUT2D eigenvalue weighted by molar-refractivity contribution is 7.85. The maximum absolute atomic E-state index is 15.5. The van der Waals surface area contributed by atoms with Gasteiger partial charge in [-0.1, -0.05) is 133 Å². The molecule has 6 aromatic rings. The van der Waals surface area contributed by atoms with Crippen LogP contribution in [0.4, 0.5) is 0 Å². The molecule has 0 amide bonds. The van der Waals surface area contributed by atoms with Crippen molar-refractivity contribution in [2.75, 3.05) is 0 Å². The molecule has 6 aromatic carbocycles. The second-order valence-corrected chi connectivity index (χ2v) is 13.6. The molecule has 0 aliphatic heterocycles. The van der Waals surface area contributed by atoms with Crippen LogP contribution in [0.2, 0.25) is 0 Å². The Morgan fingerprint density at radius 1 is 0.450 bits per heavy atom. The van der Waals surface area contributed by atoms with Crippen molar-refractivity contribution in [1.29, 1.82) is 0 Å². The zero-order valence-electron chi connectivity index (χ0n) is 22.2. The van der Waals surface area contributed by atoms with Crippen LogP contribution in [0.3, 0.4) is 0 Å². The Morgan fingerprint density at radius 3 is 1.40 bits per heavy atom. The fourth-order valence-electron chi connectivity index (χ4n) is 7.31. The Morgan fingerprint density at radius 2 is 0.875 bits per heavy atom. The van der Waals surface area contributed by atoms with Gasteiger partial charge in [0.2, 0.25) is 0 Å². The Balaban J connectivity index is 1.52. The molecule has 1 spiro atoms. The number of fused-ring (bicyclic) bond motifs is 10. The highest BCUT2D eigenvalue weighted by atomic mass is 31.2. The van der Waals surface area contributed by atoms with Crippen LogP contribution in [0.15, 0.2) is 146 Å². The smallest absolute Gasteiger partial charge is 0.171 e. The summed E-state index contributed by atoms with van der Waals surface area (Å²) in [5.41, 5.74) is 10.9. The average Bonchev–Trinajstić information content (AvgIpc) is 3.49. The first-order valence-corrected chi connectivity index (χ1v) is 15.5. The Hall–Kier alpha value is -4.45. The van der Waals surface area contributed by atoms with Crippen molar-refractivity contribution < 1.29 is 4.57 Å². The van der Waals surface area contributed by atoms with Gasteiger partial charge < -0.3 is 4.57 Å². The lowest BCUT2D eigenvalue weighted by atomic mass is 9.70. The van der Waals surface area contributed by atoms with E-state index in [0.29, 0.717) is 0 Å². The second-order valence-electron chi connectivity index (χ2n) is 10.9. The Labute approximate surface area is 235 Å². The zero-order chi connectivity index (χ0) is 26.9. The van der Waals surface area contributed by atoms with Crippen molar-refractivity contribution in [2.24, 2.45) is 0 Å². The average molecular weight is 531 g/mol. The number of benzene rings is 6. The van der Waals surface area contributed by atoms with Gasteiger partial charge in [-0.3, -0.25) is 0 Å². The minimum Gasteiger partial charge on any atom is -0.309 e. The van der Waals surface area contributed by atoms with E-state index in [1.54, 1.807) is 0 Å². The predicted octanol–water partition coefficient (Wildman–Crippen LogP) is 7.98. The summed E-state index contributed by atoms with van der Waals surface area (Å²) in [6.07, 6.45) is 0. The SMILES string of the molecule is Cc1cc(P(=O)(c2ccccc2)c2ccccc2)cc2c1-c1ccccc1C21c2ccccc2-c2ccccc21. The molecule has 0 radical (unpaired) electrons. The molecule has 0 saturated heterocycles. The first-order valence-electron chi connectivity index (χ1n) is 13.8. The van der Waals surface area contributed by atoms with E-state index in [9.17, 15) is 0 Å². The van der Waals surface area contributed by atoms with Crippen molar-refractivity contribution in [1.82, 2.24) is 0 Å². The Bertz CT molecular complexity index is 1900. The lowest BCUT2D eigenvalue weighted by molar-refractivity contribution is 0.592. The minimum atomic E-state index is -3.16. The van der Waals surface area contributed by atoms with Crippen LogP contribution in [0.25, 0.3) is 22.3 Å². The number of rotatable bonds is 3. The van der Waals surface area contributed by atoms with E-state index in [1.807, 2.05) is 60.7 Å². The first-order chi connectivity index (χ1) is 19.6. The molecular weight excluding hydrogens is 503 g/mol. The van der Waals surface area contributed by atoms with E-state index in [0.717, 1.165) is 21.5 Å². The van der Waals surface area contributed by atoms with Crippen molar-refractivity contribution in [3.63, 3.8) is 0 Å². The Kier molecular flexibility index (Phi) is 4.99. The van der Waals surface area contributed by atoms with E-state index >= 15 is 4.57 Å². The number of aryl methyl sites for hydroxylation is 1. The third-order valence-corrected chi connectivity index (χ3v) is 11.9. The van der Waals surface area contributed by atoms with E-state index in [1.165, 1.54) is 44.5 Å². The van der Waals surface area contributed by atoms with E-state index in [4.69, 9.17) is 0 Å². The molecule has 2 aliphatic carbocycles. The summed E-state index contributed by atoms with van der Waals surface area (Å²) < 4.78 is 15.5. The van der Waals surface area contributed by atoms with Gasteiger partial charge in [0.15, 0.2) is 7.14 Å². The van der Waals surface area contributed by atoms with Gasteiger partial charge in [-0.15, -0.1) is 0 Å². The van der Waals surface area contributed by atoms with Crippen LogP contribution in [-0.4, -0.2) is 0 Å². The van der Waals surface area contributed by atoms with E-state index in [2.05, 4.69) is 91.9 Å². The summed E-state index contributed by atoms with van der Waals surface area (Å²) in [6, 6.07) is 51.0. The van der Waals surface area contributed by atoms with Gasteiger partial charge >= 0.3 is 0 Å². The molecule has 8 rings (SSSR count). The molecule has 1 nitrogen and oxygen atoms in total. The van der Waals surface area contributed by atoms with Crippen molar-refractivity contribution >= 4 is 23.1 Å². The van der Waals surface area contributed by atoms with Crippen LogP contribution in [0.1, 0.15) is 27.8 Å². The summed E-state index contributed by atoms with van der Waals surface area (Å²) in [4.78, 5) is 0. The van der Waals surface area contributed by atoms with Gasteiger partial charge in [0.05, 0.1) is 5.41 Å². The molecule has 0 saturated carbocycles. The summed E-state index contributed by atoms with van der Waals surface area (Å²) in [6.45, 7) is 2.19. The van der Waals surface area contributed by atoms with Gasteiger partial charge in [0.25, 0.3) is 0 Å². The van der Waals surface area contributed by atoms with E-state index < -0.39 is 12.6 Å². The molecule has 0 atom stereocenters. The maximum Gasteiger partial charge on any atom is 0.171 e. The van der Waals surface area contributed by atoms with Crippen molar-refractivity contribution in [3.05, 3.63) is 173 Å². The summed E-state index contributed by atoms with van der Waals surface area (Å²) >= 11 is 0. The summed E-state index contributed by atoms with van der Waals surface area (Å²) in [5.74, 6) is 0. The van der Waals surface area contributed by atoms with Crippen LogP contribution < -0.4 is 15.9 Å². The standard InChI is InChI=1S/C38H27OP/c1-26-24-29(40(39,27-14-4-2-5-15-27)28-16-6-3-7-17-28)25-36-37(26)32-20-10-13-23-35(32)38(36)33-21-11-8-18-30(33)31-19-9-12-22-34(31)38/h2-25H,1H3. The molecule has 0 heterocycles. The molecular formula is C38H27OP. The first kappa shape index (κ1) is 23.4. The normalized spacial score (nSPS) is 13.9. The second kappa shape index (κ2) is 8.52. The fraction of sp³-hybridized carbons (Fsp3) is 0.0526. The molecule has 190 valence electrons. The topological polar surface area (TPSA) is 17.1 Å². The minimum absolute atomic E-state index is 0.460. The third kappa shape index (κ3) is 2.91. The number of hydrogen-bond donors (Lipinski definition) is 0. The highest BCUT2D eigenvalue weighted by Gasteiger charge is 2.52. The molecule has 0 bridgehead atoms. The van der Waals surface area contributed by atoms with Crippen LogP contribution >= 0.6 is 7.14 Å². The molecule has 0 N–H and O–H groups in total. The third-order valence-electron chi connectivity index (χ3n) is 8.88. The summed E-state index contributed by atoms with van der Waals surface area (Å²) in [7, 11) is -3.16. The van der Waals surface area contributed by atoms with E-state index in [-0.39, 0.29) is 0 Å². The van der Waals surface area contributed by atoms with Gasteiger partial charge in [0.1, 0.15) is 0 Å². The predicted molar refractivity (Wildman–Crippen MR) is 167 cm³/mol. The van der Waals surface area contributed by atoms with Crippen molar-refractivity contribution in [3.8, 4) is 22.3 Å². The van der Waals surface area contributed by atoms with Gasteiger partial charge in [-0.05, 0) is 69.1 Å². The lowest BCUT2D eigenvalue weighted by Gasteiger charge is -2.31. The highest BCUT2D eigenvalue weighted by Crippen LogP contribution is 2.63. The fourth-order valence-corrected chi connectivity index (χ4v) is 10.1. The monoisotopic (exact) mass is 530 g/mol. The maximum atomic E-state index is 15.5. The lowest BCUT2D eigenvalue weighted by Crippen LogP contribution is -2.29. The largest absolute Gasteiger partial charge is 0.309 e. The van der Waals surface area contributed by atoms with Gasteiger partial charge in [-0.25, -0.2) is 0 Å². The zero-order valence-corrected chi connectivity index (χ0v) is 23.1. The van der Waals surface area contributed by atoms with Crippen LogP contribution in [0, 0.1) is 6.92 Å². The molecule has 0 aromatic heterocycles. The molecule has 0 fully saturated rings. The molecule has 40 heavy (non-hydrogen) atoms.